The summed E-state index contributed by atoms with van der Waals surface area (Å²) in [6.07, 6.45) is 0.846. The summed E-state index contributed by atoms with van der Waals surface area (Å²) in [5, 5.41) is 16.1. The first kappa shape index (κ1) is 24.3. The van der Waals surface area contributed by atoms with E-state index in [9.17, 15) is 19.7 Å². The molecule has 1 aliphatic heterocycles. The van der Waals surface area contributed by atoms with Crippen molar-refractivity contribution in [3.63, 3.8) is 0 Å². The largest absolute Gasteiger partial charge is 0.343 e. The molecule has 2 heterocycles. The molecule has 0 spiro atoms. The molecule has 0 unspecified atom stereocenters. The lowest BCUT2D eigenvalue weighted by molar-refractivity contribution is -0.385. The number of carbonyl (C=O) groups is 1. The number of nitro groups is 1. The minimum atomic E-state index is -0.889. The molecule has 1 atom stereocenters. The summed E-state index contributed by atoms with van der Waals surface area (Å²) in [6.45, 7) is 4.00. The molecule has 0 saturated carbocycles. The minimum Gasteiger partial charge on any atom is -0.343 e. The van der Waals surface area contributed by atoms with E-state index >= 15 is 0 Å². The number of Topliss-reactive ketones (excluding diaryl/α,β-unsaturated/α-hetero) is 1. The Morgan fingerprint density at radius 3 is 2.61 bits per heavy atom. The second-order valence-electron chi connectivity index (χ2n) is 9.72. The van der Waals surface area contributed by atoms with Crippen LogP contribution >= 0.6 is 23.4 Å². The molecule has 2 N–H and O–H groups in total. The first-order chi connectivity index (χ1) is 17.1. The van der Waals surface area contributed by atoms with Gasteiger partial charge in [-0.1, -0.05) is 73.6 Å². The van der Waals surface area contributed by atoms with Gasteiger partial charge in [0.15, 0.2) is 10.9 Å². The van der Waals surface area contributed by atoms with Gasteiger partial charge >= 0.3 is 0 Å². The van der Waals surface area contributed by atoms with E-state index in [1.807, 2.05) is 32.0 Å². The second kappa shape index (κ2) is 9.22. The first-order valence-corrected chi connectivity index (χ1v) is 12.8. The zero-order chi connectivity index (χ0) is 25.6. The molecular formula is C26H23ClN4O4S. The number of nitrogens with one attached hydrogen (secondary N) is 2. The Balaban J connectivity index is 1.64. The fourth-order valence-corrected chi connectivity index (χ4v) is 6.08. The van der Waals surface area contributed by atoms with Gasteiger partial charge in [0.05, 0.1) is 16.4 Å². The van der Waals surface area contributed by atoms with E-state index in [1.54, 1.807) is 24.3 Å². The summed E-state index contributed by atoms with van der Waals surface area (Å²) < 4.78 is 0. The fraction of sp³-hybridized carbons (Fsp3) is 0.269. The molecule has 0 amide bonds. The molecule has 10 heteroatoms. The molecule has 2 aliphatic rings. The van der Waals surface area contributed by atoms with E-state index in [-0.39, 0.29) is 28.9 Å². The van der Waals surface area contributed by atoms with Gasteiger partial charge in [-0.2, -0.15) is 0 Å². The van der Waals surface area contributed by atoms with Gasteiger partial charge in [-0.15, -0.1) is 0 Å². The number of hydrogen-bond donors (Lipinski definition) is 2. The number of nitrogens with zero attached hydrogens (tertiary/aromatic N) is 2. The number of aromatic amines is 1. The Kier molecular flexibility index (Phi) is 6.22. The standard InChI is InChI=1S/C26H23ClN4O4S/c1-26(2)11-17-21(19(32)12-26)20(15-8-4-6-10-18(15)31(34)35)22-23(28-17)29-25(30-24(22)33)36-13-14-7-3-5-9-16(14)27/h3-10,20H,11-13H2,1-2H3,(H2,28,29,30,33)/t20-/m1/s1. The lowest BCUT2D eigenvalue weighted by Gasteiger charge is -2.38. The summed E-state index contributed by atoms with van der Waals surface area (Å²) in [7, 11) is 0. The van der Waals surface area contributed by atoms with Crippen molar-refractivity contribution >= 4 is 40.7 Å². The van der Waals surface area contributed by atoms with Gasteiger partial charge < -0.3 is 10.3 Å². The second-order valence-corrected chi connectivity index (χ2v) is 11.1. The fourth-order valence-electron chi connectivity index (χ4n) is 4.93. The Morgan fingerprint density at radius 1 is 1.14 bits per heavy atom. The van der Waals surface area contributed by atoms with E-state index in [2.05, 4.69) is 15.3 Å². The van der Waals surface area contributed by atoms with E-state index in [0.29, 0.717) is 45.0 Å². The van der Waals surface area contributed by atoms with Gasteiger partial charge in [0.2, 0.25) is 0 Å². The van der Waals surface area contributed by atoms with Gasteiger partial charge in [-0.05, 0) is 23.5 Å². The lowest BCUT2D eigenvalue weighted by atomic mass is 9.69. The number of anilines is 1. The van der Waals surface area contributed by atoms with Crippen molar-refractivity contribution in [3.05, 3.63) is 102 Å². The third-order valence-electron chi connectivity index (χ3n) is 6.47. The molecule has 8 nitrogen and oxygen atoms in total. The molecule has 5 rings (SSSR count). The lowest BCUT2D eigenvalue weighted by Crippen LogP contribution is -2.37. The number of carbonyl (C=O) groups excluding carboxylic acids is 1. The predicted molar refractivity (Wildman–Crippen MR) is 139 cm³/mol. The summed E-state index contributed by atoms with van der Waals surface area (Å²) in [5.74, 6) is -0.207. The number of halogens is 1. The van der Waals surface area contributed by atoms with Gasteiger partial charge in [-0.3, -0.25) is 19.7 Å². The van der Waals surface area contributed by atoms with Crippen molar-refractivity contribution < 1.29 is 9.72 Å². The van der Waals surface area contributed by atoms with Gasteiger partial charge in [0.25, 0.3) is 11.2 Å². The number of rotatable bonds is 5. The monoisotopic (exact) mass is 522 g/mol. The van der Waals surface area contributed by atoms with Crippen LogP contribution in [0.5, 0.6) is 0 Å². The van der Waals surface area contributed by atoms with Crippen LogP contribution in [0.25, 0.3) is 0 Å². The quantitative estimate of drug-likeness (QED) is 0.187. The number of para-hydroxylation sites is 1. The maximum atomic E-state index is 13.5. The Bertz CT molecular complexity index is 1500. The molecule has 0 fully saturated rings. The first-order valence-electron chi connectivity index (χ1n) is 11.4. The zero-order valence-corrected chi connectivity index (χ0v) is 21.2. The summed E-state index contributed by atoms with van der Waals surface area (Å²) in [4.78, 5) is 45.7. The highest BCUT2D eigenvalue weighted by Crippen LogP contribution is 2.49. The molecule has 184 valence electrons. The average molecular weight is 523 g/mol. The molecule has 0 radical (unpaired) electrons. The molecule has 2 aromatic carbocycles. The van der Waals surface area contributed by atoms with Crippen LogP contribution < -0.4 is 10.9 Å². The van der Waals surface area contributed by atoms with E-state index in [1.165, 1.54) is 17.8 Å². The number of H-pyrrole nitrogens is 1. The maximum absolute atomic E-state index is 13.5. The Hall–Kier alpha value is -3.43. The van der Waals surface area contributed by atoms with E-state index < -0.39 is 16.4 Å². The topological polar surface area (TPSA) is 118 Å². The normalized spacial score (nSPS) is 18.3. The molecule has 36 heavy (non-hydrogen) atoms. The van der Waals surface area contributed by atoms with Crippen LogP contribution in [0.2, 0.25) is 5.02 Å². The number of nitro benzene ring substituents is 1. The molecule has 0 bridgehead atoms. The van der Waals surface area contributed by atoms with E-state index in [4.69, 9.17) is 11.6 Å². The zero-order valence-electron chi connectivity index (χ0n) is 19.6. The SMILES string of the molecule is CC1(C)CC(=O)C2=C(C1)Nc1nc(SCc3ccccc3Cl)[nH]c(=O)c1[C@@H]2c1ccccc1[N+](=O)[O-]. The molecule has 1 aromatic heterocycles. The van der Waals surface area contributed by atoms with Crippen LogP contribution in [-0.2, 0) is 10.5 Å². The van der Waals surface area contributed by atoms with Crippen LogP contribution in [0.4, 0.5) is 11.5 Å². The summed E-state index contributed by atoms with van der Waals surface area (Å²) in [6, 6.07) is 13.7. The highest BCUT2D eigenvalue weighted by Gasteiger charge is 2.44. The van der Waals surface area contributed by atoms with Crippen LogP contribution in [0, 0.1) is 15.5 Å². The maximum Gasteiger partial charge on any atom is 0.273 e. The Morgan fingerprint density at radius 2 is 1.86 bits per heavy atom. The highest BCUT2D eigenvalue weighted by molar-refractivity contribution is 7.98. The van der Waals surface area contributed by atoms with Crippen molar-refractivity contribution in [2.75, 3.05) is 5.32 Å². The Labute approximate surface area is 216 Å². The van der Waals surface area contributed by atoms with Crippen molar-refractivity contribution in [1.82, 2.24) is 9.97 Å². The smallest absolute Gasteiger partial charge is 0.273 e. The number of fused-ring (bicyclic) bond motifs is 1. The van der Waals surface area contributed by atoms with Crippen LogP contribution in [0.3, 0.4) is 0 Å². The van der Waals surface area contributed by atoms with Gasteiger partial charge in [0, 0.05) is 40.1 Å². The van der Waals surface area contributed by atoms with Crippen molar-refractivity contribution in [3.8, 4) is 0 Å². The number of ketones is 1. The summed E-state index contributed by atoms with van der Waals surface area (Å²) in [5.41, 5.74) is 1.59. The minimum absolute atomic E-state index is 0.126. The van der Waals surface area contributed by atoms with Crippen molar-refractivity contribution in [1.29, 1.82) is 0 Å². The van der Waals surface area contributed by atoms with Crippen molar-refractivity contribution in [2.45, 2.75) is 43.5 Å². The van der Waals surface area contributed by atoms with E-state index in [0.717, 1.165) is 5.56 Å². The summed E-state index contributed by atoms with van der Waals surface area (Å²) >= 11 is 7.60. The number of allylic oxidation sites excluding steroid dienone is 2. The number of aromatic nitrogens is 2. The molecule has 0 saturated heterocycles. The van der Waals surface area contributed by atoms with Gasteiger partial charge in [-0.25, -0.2) is 4.98 Å². The third kappa shape index (κ3) is 4.44. The number of hydrogen-bond acceptors (Lipinski definition) is 7. The predicted octanol–water partition coefficient (Wildman–Crippen LogP) is 5.82. The van der Waals surface area contributed by atoms with Crippen molar-refractivity contribution in [2.24, 2.45) is 5.41 Å². The van der Waals surface area contributed by atoms with Crippen LogP contribution in [-0.4, -0.2) is 20.7 Å². The average Bonchev–Trinajstić information content (AvgIpc) is 2.81. The third-order valence-corrected chi connectivity index (χ3v) is 7.76. The van der Waals surface area contributed by atoms with Crippen LogP contribution in [0.1, 0.15) is 49.3 Å². The number of benzene rings is 2. The van der Waals surface area contributed by atoms with Crippen LogP contribution in [0.15, 0.2) is 69.8 Å². The molecule has 1 aliphatic carbocycles. The molecular weight excluding hydrogens is 500 g/mol. The molecule has 3 aromatic rings. The number of thioether (sulfide) groups is 1. The highest BCUT2D eigenvalue weighted by atomic mass is 35.5. The van der Waals surface area contributed by atoms with Gasteiger partial charge in [0.1, 0.15) is 5.82 Å².